The third kappa shape index (κ3) is 2.48. The zero-order valence-electron chi connectivity index (χ0n) is 9.81. The highest BCUT2D eigenvalue weighted by molar-refractivity contribution is 9.10. The van der Waals surface area contributed by atoms with E-state index in [0.717, 1.165) is 15.7 Å². The number of hydrogen-bond donors (Lipinski definition) is 2. The molecule has 18 heavy (non-hydrogen) atoms. The van der Waals surface area contributed by atoms with Crippen LogP contribution in [-0.4, -0.2) is 29.7 Å². The number of carboxylic acids is 1. The van der Waals surface area contributed by atoms with E-state index >= 15 is 0 Å². The van der Waals surface area contributed by atoms with Crippen molar-refractivity contribution in [1.29, 1.82) is 0 Å². The lowest BCUT2D eigenvalue weighted by Gasteiger charge is -2.22. The standard InChI is InChI=1S/C12H13BrN2O3/c1-7-4-8(2-3-10(7)13)15-9(5-11(16)17)6-14-12(15)18/h2-4,9H,5-6H2,1H3,(H,14,18)(H,16,17). The van der Waals surface area contributed by atoms with Crippen molar-refractivity contribution in [3.63, 3.8) is 0 Å². The molecule has 2 N–H and O–H groups in total. The lowest BCUT2D eigenvalue weighted by atomic mass is 10.1. The highest BCUT2D eigenvalue weighted by Crippen LogP contribution is 2.26. The average Bonchev–Trinajstić information content (AvgIpc) is 2.63. The summed E-state index contributed by atoms with van der Waals surface area (Å²) in [4.78, 5) is 24.1. The Balaban J connectivity index is 2.30. The highest BCUT2D eigenvalue weighted by Gasteiger charge is 2.33. The van der Waals surface area contributed by atoms with Gasteiger partial charge in [0.15, 0.2) is 0 Å². The molecule has 1 saturated heterocycles. The first-order valence-corrected chi connectivity index (χ1v) is 6.33. The van der Waals surface area contributed by atoms with Crippen LogP contribution in [0.5, 0.6) is 0 Å². The summed E-state index contributed by atoms with van der Waals surface area (Å²) < 4.78 is 0.959. The molecule has 1 aliphatic heterocycles. The molecule has 1 atom stereocenters. The summed E-state index contributed by atoms with van der Waals surface area (Å²) in [6.07, 6.45) is -0.0617. The van der Waals surface area contributed by atoms with Crippen LogP contribution in [0.4, 0.5) is 10.5 Å². The van der Waals surface area contributed by atoms with Crippen molar-refractivity contribution in [2.75, 3.05) is 11.4 Å². The van der Waals surface area contributed by atoms with Gasteiger partial charge in [0.2, 0.25) is 0 Å². The van der Waals surface area contributed by atoms with Gasteiger partial charge in [0.1, 0.15) is 0 Å². The van der Waals surface area contributed by atoms with E-state index in [-0.39, 0.29) is 18.5 Å². The Kier molecular flexibility index (Phi) is 3.56. The quantitative estimate of drug-likeness (QED) is 0.898. The first-order valence-electron chi connectivity index (χ1n) is 5.54. The third-order valence-electron chi connectivity index (χ3n) is 2.90. The van der Waals surface area contributed by atoms with Gasteiger partial charge in [-0.3, -0.25) is 9.69 Å². The fourth-order valence-corrected chi connectivity index (χ4v) is 2.27. The molecule has 0 radical (unpaired) electrons. The molecule has 1 aliphatic rings. The molecular formula is C12H13BrN2O3. The van der Waals surface area contributed by atoms with Gasteiger partial charge in [-0.15, -0.1) is 0 Å². The Morgan fingerprint density at radius 2 is 2.33 bits per heavy atom. The summed E-state index contributed by atoms with van der Waals surface area (Å²) in [5.74, 6) is -0.907. The molecular weight excluding hydrogens is 300 g/mol. The van der Waals surface area contributed by atoms with Gasteiger partial charge in [-0.1, -0.05) is 15.9 Å². The zero-order valence-corrected chi connectivity index (χ0v) is 11.4. The number of carboxylic acid groups (broad SMARTS) is 1. The number of rotatable bonds is 3. The SMILES string of the molecule is Cc1cc(N2C(=O)NCC2CC(=O)O)ccc1Br. The van der Waals surface area contributed by atoms with Crippen molar-refractivity contribution in [1.82, 2.24) is 5.32 Å². The van der Waals surface area contributed by atoms with E-state index in [2.05, 4.69) is 21.2 Å². The number of carbonyl (C=O) groups excluding carboxylic acids is 1. The molecule has 2 rings (SSSR count). The van der Waals surface area contributed by atoms with E-state index in [9.17, 15) is 9.59 Å². The third-order valence-corrected chi connectivity index (χ3v) is 3.79. The minimum atomic E-state index is -0.907. The molecule has 96 valence electrons. The summed E-state index contributed by atoms with van der Waals surface area (Å²) in [5.41, 5.74) is 1.72. The second-order valence-corrected chi connectivity index (χ2v) is 5.10. The van der Waals surface area contributed by atoms with Gasteiger partial charge in [0.05, 0.1) is 12.5 Å². The van der Waals surface area contributed by atoms with Gasteiger partial charge in [0.25, 0.3) is 0 Å². The summed E-state index contributed by atoms with van der Waals surface area (Å²) in [7, 11) is 0. The maximum absolute atomic E-state index is 11.8. The maximum Gasteiger partial charge on any atom is 0.322 e. The van der Waals surface area contributed by atoms with Crippen LogP contribution in [0.2, 0.25) is 0 Å². The van der Waals surface area contributed by atoms with Crippen LogP contribution in [0.15, 0.2) is 22.7 Å². The van der Waals surface area contributed by atoms with E-state index in [1.807, 2.05) is 19.1 Å². The molecule has 0 spiro atoms. The van der Waals surface area contributed by atoms with E-state index in [0.29, 0.717) is 6.54 Å². The average molecular weight is 313 g/mol. The monoisotopic (exact) mass is 312 g/mol. The topological polar surface area (TPSA) is 69.6 Å². The maximum atomic E-state index is 11.8. The summed E-state index contributed by atoms with van der Waals surface area (Å²) in [5, 5.41) is 11.5. The fraction of sp³-hybridized carbons (Fsp3) is 0.333. The zero-order chi connectivity index (χ0) is 13.3. The Bertz CT molecular complexity index is 504. The lowest BCUT2D eigenvalue weighted by Crippen LogP contribution is -2.35. The Hall–Kier alpha value is -1.56. The van der Waals surface area contributed by atoms with Crippen LogP contribution in [0.3, 0.4) is 0 Å². The minimum Gasteiger partial charge on any atom is -0.481 e. The largest absolute Gasteiger partial charge is 0.481 e. The van der Waals surface area contributed by atoms with Gasteiger partial charge in [-0.25, -0.2) is 4.79 Å². The molecule has 5 nitrogen and oxygen atoms in total. The molecule has 1 unspecified atom stereocenters. The molecule has 6 heteroatoms. The van der Waals surface area contributed by atoms with Crippen LogP contribution in [-0.2, 0) is 4.79 Å². The van der Waals surface area contributed by atoms with Crippen molar-refractivity contribution in [2.45, 2.75) is 19.4 Å². The molecule has 1 aromatic rings. The van der Waals surface area contributed by atoms with Gasteiger partial charge in [-0.2, -0.15) is 0 Å². The second-order valence-electron chi connectivity index (χ2n) is 4.24. The Morgan fingerprint density at radius 1 is 1.61 bits per heavy atom. The van der Waals surface area contributed by atoms with Crippen molar-refractivity contribution in [2.24, 2.45) is 0 Å². The van der Waals surface area contributed by atoms with Crippen molar-refractivity contribution < 1.29 is 14.7 Å². The summed E-state index contributed by atoms with van der Waals surface area (Å²) in [6, 6.07) is 4.94. The predicted octanol–water partition coefficient (Wildman–Crippen LogP) is 2.13. The lowest BCUT2D eigenvalue weighted by molar-refractivity contribution is -0.137. The van der Waals surface area contributed by atoms with Crippen LogP contribution < -0.4 is 10.2 Å². The predicted molar refractivity (Wildman–Crippen MR) is 70.8 cm³/mol. The number of halogens is 1. The van der Waals surface area contributed by atoms with E-state index in [4.69, 9.17) is 5.11 Å². The number of benzene rings is 1. The first kappa shape index (κ1) is 12.9. The number of amides is 2. The minimum absolute atomic E-state index is 0.0617. The van der Waals surface area contributed by atoms with E-state index < -0.39 is 5.97 Å². The number of nitrogens with one attached hydrogen (secondary N) is 1. The summed E-state index contributed by atoms with van der Waals surface area (Å²) >= 11 is 3.40. The van der Waals surface area contributed by atoms with Gasteiger partial charge in [-0.05, 0) is 30.7 Å². The van der Waals surface area contributed by atoms with Gasteiger partial charge >= 0.3 is 12.0 Å². The molecule has 2 amide bonds. The normalized spacial score (nSPS) is 18.9. The fourth-order valence-electron chi connectivity index (χ4n) is 2.02. The Morgan fingerprint density at radius 3 is 2.94 bits per heavy atom. The number of urea groups is 1. The van der Waals surface area contributed by atoms with Gasteiger partial charge < -0.3 is 10.4 Å². The number of anilines is 1. The van der Waals surface area contributed by atoms with E-state index in [1.54, 1.807) is 6.07 Å². The van der Waals surface area contributed by atoms with Crippen molar-refractivity contribution in [3.8, 4) is 0 Å². The van der Waals surface area contributed by atoms with Gasteiger partial charge in [0, 0.05) is 16.7 Å². The number of aliphatic carboxylic acids is 1. The number of hydrogen-bond acceptors (Lipinski definition) is 2. The van der Waals surface area contributed by atoms with Crippen LogP contribution >= 0.6 is 15.9 Å². The highest BCUT2D eigenvalue weighted by atomic mass is 79.9. The molecule has 0 saturated carbocycles. The smallest absolute Gasteiger partial charge is 0.322 e. The summed E-state index contributed by atoms with van der Waals surface area (Å²) in [6.45, 7) is 2.29. The van der Waals surface area contributed by atoms with Crippen LogP contribution in [0.25, 0.3) is 0 Å². The Labute approximate surface area is 113 Å². The van der Waals surface area contributed by atoms with Crippen molar-refractivity contribution >= 4 is 33.6 Å². The molecule has 0 bridgehead atoms. The first-order chi connectivity index (χ1) is 8.49. The second kappa shape index (κ2) is 4.97. The van der Waals surface area contributed by atoms with Crippen LogP contribution in [0, 0.1) is 6.92 Å². The van der Waals surface area contributed by atoms with E-state index in [1.165, 1.54) is 4.90 Å². The molecule has 1 aromatic carbocycles. The molecule has 0 aliphatic carbocycles. The number of aryl methyl sites for hydroxylation is 1. The molecule has 1 heterocycles. The number of nitrogens with zero attached hydrogens (tertiary/aromatic N) is 1. The molecule has 1 fully saturated rings. The van der Waals surface area contributed by atoms with Crippen LogP contribution in [0.1, 0.15) is 12.0 Å². The number of carbonyl (C=O) groups is 2. The molecule has 0 aromatic heterocycles. The van der Waals surface area contributed by atoms with Crippen molar-refractivity contribution in [3.05, 3.63) is 28.2 Å².